The zero-order chi connectivity index (χ0) is 15.2. The lowest BCUT2D eigenvalue weighted by Gasteiger charge is -2.40. The van der Waals surface area contributed by atoms with Gasteiger partial charge in [-0.1, -0.05) is 30.3 Å². The van der Waals surface area contributed by atoms with E-state index in [4.69, 9.17) is 4.74 Å². The zero-order valence-electron chi connectivity index (χ0n) is 11.9. The fourth-order valence-electron chi connectivity index (χ4n) is 2.14. The van der Waals surface area contributed by atoms with Crippen molar-refractivity contribution in [2.24, 2.45) is 5.92 Å². The maximum Gasteiger partial charge on any atom is 0.410 e. The lowest BCUT2D eigenvalue weighted by atomic mass is 9.92. The maximum absolute atomic E-state index is 11.8. The molecule has 2 rings (SSSR count). The molecule has 1 amide bonds. The molecule has 1 unspecified atom stereocenters. The number of carbonyl (C=O) groups is 2. The molecule has 1 saturated heterocycles. The summed E-state index contributed by atoms with van der Waals surface area (Å²) in [5.74, 6) is -0.555. The predicted octanol–water partition coefficient (Wildman–Crippen LogP) is 1.18. The fourth-order valence-corrected chi connectivity index (χ4v) is 2.14. The van der Waals surface area contributed by atoms with E-state index in [0.717, 1.165) is 5.56 Å². The Morgan fingerprint density at radius 2 is 2.00 bits per heavy atom. The molecule has 0 radical (unpaired) electrons. The highest BCUT2D eigenvalue weighted by atomic mass is 16.6. The Morgan fingerprint density at radius 3 is 2.62 bits per heavy atom. The van der Waals surface area contributed by atoms with E-state index in [1.54, 1.807) is 0 Å². The smallest absolute Gasteiger partial charge is 0.410 e. The molecule has 0 aliphatic carbocycles. The van der Waals surface area contributed by atoms with Gasteiger partial charge in [-0.25, -0.2) is 4.79 Å². The standard InChI is InChI=1S/C15H19NO5/c1-20-14(18)7-13(17)12-8-16(9-12)15(19)21-10-11-5-3-2-4-6-11/h2-6,12-13,17H,7-10H2,1H3. The number of ether oxygens (including phenoxy) is 2. The Balaban J connectivity index is 1.69. The number of likely N-dealkylation sites (tertiary alicyclic amines) is 1. The van der Waals surface area contributed by atoms with E-state index < -0.39 is 18.2 Å². The second-order valence-electron chi connectivity index (χ2n) is 5.05. The van der Waals surface area contributed by atoms with Gasteiger partial charge in [-0.05, 0) is 5.56 Å². The second kappa shape index (κ2) is 7.08. The zero-order valence-corrected chi connectivity index (χ0v) is 11.9. The fraction of sp³-hybridized carbons (Fsp3) is 0.467. The minimum Gasteiger partial charge on any atom is -0.469 e. The molecule has 0 aromatic heterocycles. The predicted molar refractivity (Wildman–Crippen MR) is 74.3 cm³/mol. The van der Waals surface area contributed by atoms with Gasteiger partial charge in [0.15, 0.2) is 0 Å². The quantitative estimate of drug-likeness (QED) is 0.825. The third kappa shape index (κ3) is 4.19. The minimum atomic E-state index is -0.782. The van der Waals surface area contributed by atoms with E-state index in [9.17, 15) is 14.7 Å². The van der Waals surface area contributed by atoms with E-state index in [0.29, 0.717) is 13.1 Å². The molecule has 1 N–H and O–H groups in total. The summed E-state index contributed by atoms with van der Waals surface area (Å²) in [5.41, 5.74) is 0.925. The Hall–Kier alpha value is -2.08. The summed E-state index contributed by atoms with van der Waals surface area (Å²) in [6.07, 6.45) is -1.23. The number of esters is 1. The summed E-state index contributed by atoms with van der Waals surface area (Å²) in [4.78, 5) is 24.3. The first-order valence-corrected chi connectivity index (χ1v) is 6.80. The number of aliphatic hydroxyl groups excluding tert-OH is 1. The highest BCUT2D eigenvalue weighted by Crippen LogP contribution is 2.22. The third-order valence-electron chi connectivity index (χ3n) is 3.52. The van der Waals surface area contributed by atoms with Gasteiger partial charge in [0.25, 0.3) is 0 Å². The van der Waals surface area contributed by atoms with Crippen LogP contribution in [-0.4, -0.2) is 48.4 Å². The van der Waals surface area contributed by atoms with Gasteiger partial charge in [0.05, 0.1) is 19.6 Å². The van der Waals surface area contributed by atoms with E-state index in [-0.39, 0.29) is 18.9 Å². The Morgan fingerprint density at radius 1 is 1.33 bits per heavy atom. The van der Waals surface area contributed by atoms with Crippen LogP contribution in [0.1, 0.15) is 12.0 Å². The number of carbonyl (C=O) groups excluding carboxylic acids is 2. The van der Waals surface area contributed by atoms with Crippen molar-refractivity contribution in [3.63, 3.8) is 0 Å². The van der Waals surface area contributed by atoms with Gasteiger partial charge in [-0.15, -0.1) is 0 Å². The monoisotopic (exact) mass is 293 g/mol. The number of aliphatic hydroxyl groups is 1. The topological polar surface area (TPSA) is 76.1 Å². The number of rotatable bonds is 5. The summed E-state index contributed by atoms with van der Waals surface area (Å²) in [7, 11) is 1.28. The molecular weight excluding hydrogens is 274 g/mol. The summed E-state index contributed by atoms with van der Waals surface area (Å²) < 4.78 is 9.67. The summed E-state index contributed by atoms with van der Waals surface area (Å²) in [5, 5.41) is 9.80. The van der Waals surface area contributed by atoms with Crippen LogP contribution in [0.4, 0.5) is 4.79 Å². The van der Waals surface area contributed by atoms with E-state index in [1.807, 2.05) is 30.3 Å². The van der Waals surface area contributed by atoms with Crippen LogP contribution in [0, 0.1) is 5.92 Å². The van der Waals surface area contributed by atoms with Crippen LogP contribution in [0.5, 0.6) is 0 Å². The average molecular weight is 293 g/mol. The van der Waals surface area contributed by atoms with Crippen LogP contribution in [-0.2, 0) is 20.9 Å². The van der Waals surface area contributed by atoms with Gasteiger partial charge in [-0.2, -0.15) is 0 Å². The van der Waals surface area contributed by atoms with Crippen molar-refractivity contribution >= 4 is 12.1 Å². The first-order valence-electron chi connectivity index (χ1n) is 6.80. The number of nitrogens with zero attached hydrogens (tertiary/aromatic N) is 1. The van der Waals surface area contributed by atoms with Crippen molar-refractivity contribution in [2.75, 3.05) is 20.2 Å². The first kappa shape index (κ1) is 15.3. The normalized spacial score (nSPS) is 16.0. The van der Waals surface area contributed by atoms with Crippen LogP contribution in [0.3, 0.4) is 0 Å². The van der Waals surface area contributed by atoms with E-state index in [1.165, 1.54) is 12.0 Å². The van der Waals surface area contributed by atoms with Crippen molar-refractivity contribution in [3.05, 3.63) is 35.9 Å². The molecule has 1 aliphatic heterocycles. The van der Waals surface area contributed by atoms with Gasteiger partial charge >= 0.3 is 12.1 Å². The van der Waals surface area contributed by atoms with Crippen LogP contribution < -0.4 is 0 Å². The average Bonchev–Trinajstić information content (AvgIpc) is 2.44. The summed E-state index contributed by atoms with van der Waals surface area (Å²) in [6, 6.07) is 9.42. The lowest BCUT2D eigenvalue weighted by Crippen LogP contribution is -2.54. The second-order valence-corrected chi connectivity index (χ2v) is 5.05. The molecule has 0 saturated carbocycles. The van der Waals surface area contributed by atoms with Crippen LogP contribution >= 0.6 is 0 Å². The van der Waals surface area contributed by atoms with Gasteiger partial charge < -0.3 is 19.5 Å². The van der Waals surface area contributed by atoms with Crippen molar-refractivity contribution in [1.82, 2.24) is 4.90 Å². The highest BCUT2D eigenvalue weighted by molar-refractivity contribution is 5.70. The largest absolute Gasteiger partial charge is 0.469 e. The number of methoxy groups -OCH3 is 1. The van der Waals surface area contributed by atoms with Crippen LogP contribution in [0.2, 0.25) is 0 Å². The summed E-state index contributed by atoms with van der Waals surface area (Å²) >= 11 is 0. The molecule has 114 valence electrons. The number of benzene rings is 1. The molecule has 6 heteroatoms. The first-order chi connectivity index (χ1) is 10.1. The molecule has 1 aliphatic rings. The molecule has 0 spiro atoms. The SMILES string of the molecule is COC(=O)CC(O)C1CN(C(=O)OCc2ccccc2)C1. The molecule has 1 atom stereocenters. The molecule has 1 aromatic rings. The van der Waals surface area contributed by atoms with Crippen LogP contribution in [0.25, 0.3) is 0 Å². The van der Waals surface area contributed by atoms with Gasteiger partial charge in [-0.3, -0.25) is 4.79 Å². The van der Waals surface area contributed by atoms with Crippen molar-refractivity contribution in [1.29, 1.82) is 0 Å². The van der Waals surface area contributed by atoms with Crippen molar-refractivity contribution in [2.45, 2.75) is 19.1 Å². The molecule has 0 bridgehead atoms. The van der Waals surface area contributed by atoms with E-state index >= 15 is 0 Å². The number of hydrogen-bond acceptors (Lipinski definition) is 5. The van der Waals surface area contributed by atoms with Gasteiger partial charge in [0.1, 0.15) is 6.61 Å². The molecule has 1 fully saturated rings. The highest BCUT2D eigenvalue weighted by Gasteiger charge is 2.37. The molecule has 1 aromatic carbocycles. The van der Waals surface area contributed by atoms with E-state index in [2.05, 4.69) is 4.74 Å². The molecule has 1 heterocycles. The van der Waals surface area contributed by atoms with Crippen molar-refractivity contribution in [3.8, 4) is 0 Å². The molecular formula is C15H19NO5. The minimum absolute atomic E-state index is 0.0475. The van der Waals surface area contributed by atoms with Gasteiger partial charge in [0, 0.05) is 19.0 Å². The van der Waals surface area contributed by atoms with Crippen LogP contribution in [0.15, 0.2) is 30.3 Å². The van der Waals surface area contributed by atoms with Gasteiger partial charge in [0.2, 0.25) is 0 Å². The van der Waals surface area contributed by atoms with Crippen molar-refractivity contribution < 1.29 is 24.2 Å². The number of amides is 1. The Bertz CT molecular complexity index is 484. The maximum atomic E-state index is 11.8. The third-order valence-corrected chi connectivity index (χ3v) is 3.52. The summed E-state index contributed by atoms with van der Waals surface area (Å²) in [6.45, 7) is 1.02. The lowest BCUT2D eigenvalue weighted by molar-refractivity contribution is -0.144. The molecule has 6 nitrogen and oxygen atoms in total. The Labute approximate surface area is 123 Å². The Kier molecular flexibility index (Phi) is 5.16. The number of hydrogen-bond donors (Lipinski definition) is 1. The molecule has 21 heavy (non-hydrogen) atoms.